The number of primary amides is 1. The van der Waals surface area contributed by atoms with Crippen LogP contribution in [0.3, 0.4) is 0 Å². The number of nitrogens with zero attached hydrogens (tertiary/aromatic N) is 2. The first kappa shape index (κ1) is 26.5. The number of hydrogen-bond donors (Lipinski definition) is 5. The maximum atomic E-state index is 13.1. The highest BCUT2D eigenvalue weighted by atomic mass is 16.4. The van der Waals surface area contributed by atoms with Crippen LogP contribution >= 0.6 is 0 Å². The van der Waals surface area contributed by atoms with E-state index in [1.807, 2.05) is 0 Å². The van der Waals surface area contributed by atoms with Gasteiger partial charge >= 0.3 is 5.97 Å². The SMILES string of the molecule is NCCCCC(N)C(=O)N1CCCC1C(=O)NC(CCC(N)=O)C(=O)N1CCCC1C(=O)O. The van der Waals surface area contributed by atoms with Crippen molar-refractivity contribution in [1.29, 1.82) is 0 Å². The van der Waals surface area contributed by atoms with Gasteiger partial charge in [-0.3, -0.25) is 19.2 Å². The number of amides is 4. The second kappa shape index (κ2) is 12.5. The second-order valence-corrected chi connectivity index (χ2v) is 8.67. The molecule has 186 valence electrons. The van der Waals surface area contributed by atoms with Crippen LogP contribution in [0.25, 0.3) is 0 Å². The highest BCUT2D eigenvalue weighted by molar-refractivity contribution is 5.94. The van der Waals surface area contributed by atoms with Crippen molar-refractivity contribution in [2.45, 2.75) is 82.0 Å². The molecule has 2 aliphatic heterocycles. The molecule has 12 nitrogen and oxygen atoms in total. The molecule has 2 aliphatic rings. The van der Waals surface area contributed by atoms with E-state index in [0.29, 0.717) is 51.6 Å². The first-order valence-corrected chi connectivity index (χ1v) is 11.6. The van der Waals surface area contributed by atoms with Crippen LogP contribution in [0, 0.1) is 0 Å². The molecule has 33 heavy (non-hydrogen) atoms. The minimum atomic E-state index is -1.11. The normalized spacial score (nSPS) is 22.1. The predicted octanol–water partition coefficient (Wildman–Crippen LogP) is -1.74. The Bertz CT molecular complexity index is 747. The van der Waals surface area contributed by atoms with Crippen molar-refractivity contribution >= 4 is 29.6 Å². The van der Waals surface area contributed by atoms with Crippen molar-refractivity contribution in [3.8, 4) is 0 Å². The summed E-state index contributed by atoms with van der Waals surface area (Å²) in [5.41, 5.74) is 16.7. The second-order valence-electron chi connectivity index (χ2n) is 8.67. The summed E-state index contributed by atoms with van der Waals surface area (Å²) in [7, 11) is 0. The summed E-state index contributed by atoms with van der Waals surface area (Å²) < 4.78 is 0. The number of nitrogens with one attached hydrogen (secondary N) is 1. The van der Waals surface area contributed by atoms with Crippen molar-refractivity contribution in [2.24, 2.45) is 17.2 Å². The van der Waals surface area contributed by atoms with E-state index in [4.69, 9.17) is 17.2 Å². The van der Waals surface area contributed by atoms with Gasteiger partial charge in [-0.1, -0.05) is 6.42 Å². The van der Waals surface area contributed by atoms with Crippen LogP contribution in [-0.4, -0.2) is 88.3 Å². The summed E-state index contributed by atoms with van der Waals surface area (Å²) in [6, 6.07) is -3.60. The summed E-state index contributed by atoms with van der Waals surface area (Å²) in [5.74, 6) is -3.17. The van der Waals surface area contributed by atoms with Gasteiger partial charge in [-0.2, -0.15) is 0 Å². The number of likely N-dealkylation sites (tertiary alicyclic amines) is 2. The Labute approximate surface area is 193 Å². The van der Waals surface area contributed by atoms with Gasteiger partial charge in [-0.25, -0.2) is 4.79 Å². The van der Waals surface area contributed by atoms with Gasteiger partial charge in [0.25, 0.3) is 0 Å². The first-order chi connectivity index (χ1) is 15.7. The lowest BCUT2D eigenvalue weighted by atomic mass is 10.1. The third-order valence-corrected chi connectivity index (χ3v) is 6.24. The van der Waals surface area contributed by atoms with Crippen LogP contribution in [0.4, 0.5) is 0 Å². The van der Waals surface area contributed by atoms with Gasteiger partial charge < -0.3 is 37.4 Å². The number of hydrogen-bond acceptors (Lipinski definition) is 7. The fourth-order valence-electron chi connectivity index (χ4n) is 4.45. The van der Waals surface area contributed by atoms with Crippen molar-refractivity contribution in [3.05, 3.63) is 0 Å². The van der Waals surface area contributed by atoms with Crippen molar-refractivity contribution in [1.82, 2.24) is 15.1 Å². The summed E-state index contributed by atoms with van der Waals surface area (Å²) in [5, 5.41) is 12.0. The Kier molecular flexibility index (Phi) is 10.0. The number of nitrogens with two attached hydrogens (primary N) is 3. The number of aliphatic carboxylic acids is 1. The average molecular weight is 469 g/mol. The van der Waals surface area contributed by atoms with Crippen molar-refractivity contribution in [3.63, 3.8) is 0 Å². The van der Waals surface area contributed by atoms with Crippen LogP contribution in [-0.2, 0) is 24.0 Å². The van der Waals surface area contributed by atoms with E-state index in [0.717, 1.165) is 6.42 Å². The van der Waals surface area contributed by atoms with Crippen LogP contribution in [0.2, 0.25) is 0 Å². The van der Waals surface area contributed by atoms with Crippen LogP contribution in [0.5, 0.6) is 0 Å². The molecular formula is C21H36N6O6. The predicted molar refractivity (Wildman–Crippen MR) is 118 cm³/mol. The topological polar surface area (TPSA) is 202 Å². The smallest absolute Gasteiger partial charge is 0.326 e. The number of carboxylic acid groups (broad SMARTS) is 1. The molecular weight excluding hydrogens is 432 g/mol. The van der Waals surface area contributed by atoms with Gasteiger partial charge in [-0.15, -0.1) is 0 Å². The number of rotatable bonds is 12. The third kappa shape index (κ3) is 7.13. The Balaban J connectivity index is 2.09. The molecule has 0 aromatic heterocycles. The summed E-state index contributed by atoms with van der Waals surface area (Å²) in [6.45, 7) is 1.15. The zero-order chi connectivity index (χ0) is 24.5. The highest BCUT2D eigenvalue weighted by Gasteiger charge is 2.40. The Morgan fingerprint density at radius 3 is 2.12 bits per heavy atom. The Morgan fingerprint density at radius 2 is 1.55 bits per heavy atom. The largest absolute Gasteiger partial charge is 0.480 e. The molecule has 0 aliphatic carbocycles. The Hall–Kier alpha value is -2.73. The Morgan fingerprint density at radius 1 is 0.939 bits per heavy atom. The summed E-state index contributed by atoms with van der Waals surface area (Å²) >= 11 is 0. The van der Waals surface area contributed by atoms with E-state index >= 15 is 0 Å². The van der Waals surface area contributed by atoms with Gasteiger partial charge in [0.1, 0.15) is 18.1 Å². The molecule has 4 amide bonds. The van der Waals surface area contributed by atoms with E-state index in [1.165, 1.54) is 9.80 Å². The molecule has 12 heteroatoms. The molecule has 2 fully saturated rings. The zero-order valence-electron chi connectivity index (χ0n) is 18.9. The van der Waals surface area contributed by atoms with Crippen molar-refractivity contribution in [2.75, 3.05) is 19.6 Å². The minimum absolute atomic E-state index is 0.0536. The van der Waals surface area contributed by atoms with Crippen LogP contribution < -0.4 is 22.5 Å². The maximum Gasteiger partial charge on any atom is 0.326 e. The number of unbranched alkanes of at least 4 members (excludes halogenated alkanes) is 1. The standard InChI is InChI=1S/C21H36N6O6/c22-10-2-1-5-13(23)19(30)26-11-3-6-15(26)18(29)25-14(8-9-17(24)28)20(31)27-12-4-7-16(27)21(32)33/h13-16H,1-12,22-23H2,(H2,24,28)(H,25,29)(H,32,33). The molecule has 0 aromatic carbocycles. The quantitative estimate of drug-likeness (QED) is 0.208. The number of carbonyl (C=O) groups excluding carboxylic acids is 4. The maximum absolute atomic E-state index is 13.1. The van der Waals surface area contributed by atoms with Crippen LogP contribution in [0.1, 0.15) is 57.8 Å². The third-order valence-electron chi connectivity index (χ3n) is 6.24. The zero-order valence-corrected chi connectivity index (χ0v) is 18.9. The lowest BCUT2D eigenvalue weighted by molar-refractivity contribution is -0.150. The van der Waals surface area contributed by atoms with E-state index in [9.17, 15) is 29.1 Å². The summed E-state index contributed by atoms with van der Waals surface area (Å²) in [4.78, 5) is 64.4. The molecule has 0 radical (unpaired) electrons. The molecule has 8 N–H and O–H groups in total. The highest BCUT2D eigenvalue weighted by Crippen LogP contribution is 2.22. The molecule has 0 aromatic rings. The minimum Gasteiger partial charge on any atom is -0.480 e. The van der Waals surface area contributed by atoms with Gasteiger partial charge in [0.15, 0.2) is 0 Å². The average Bonchev–Trinajstić information content (AvgIpc) is 3.45. The molecule has 0 bridgehead atoms. The van der Waals surface area contributed by atoms with E-state index in [1.54, 1.807) is 0 Å². The molecule has 2 rings (SSSR count). The van der Waals surface area contributed by atoms with Gasteiger partial charge in [0.05, 0.1) is 6.04 Å². The van der Waals surface area contributed by atoms with Gasteiger partial charge in [0.2, 0.25) is 23.6 Å². The molecule has 4 atom stereocenters. The van der Waals surface area contributed by atoms with Gasteiger partial charge in [0, 0.05) is 19.5 Å². The van der Waals surface area contributed by atoms with Gasteiger partial charge in [-0.05, 0) is 51.5 Å². The van der Waals surface area contributed by atoms with E-state index in [-0.39, 0.29) is 25.3 Å². The molecule has 2 saturated heterocycles. The fourth-order valence-corrected chi connectivity index (χ4v) is 4.45. The molecule has 0 spiro atoms. The molecule has 0 saturated carbocycles. The van der Waals surface area contributed by atoms with Crippen molar-refractivity contribution < 1.29 is 29.1 Å². The number of carboxylic acids is 1. The summed E-state index contributed by atoms with van der Waals surface area (Å²) in [6.07, 6.45) is 3.62. The lowest BCUT2D eigenvalue weighted by Crippen LogP contribution is -2.56. The van der Waals surface area contributed by atoms with E-state index in [2.05, 4.69) is 5.32 Å². The van der Waals surface area contributed by atoms with E-state index < -0.39 is 47.9 Å². The first-order valence-electron chi connectivity index (χ1n) is 11.6. The van der Waals surface area contributed by atoms with Crippen LogP contribution in [0.15, 0.2) is 0 Å². The lowest BCUT2D eigenvalue weighted by Gasteiger charge is -2.30. The molecule has 2 heterocycles. The molecule has 4 unspecified atom stereocenters. The fraction of sp³-hybridized carbons (Fsp3) is 0.762. The number of carbonyl (C=O) groups is 5. The monoisotopic (exact) mass is 468 g/mol.